The number of nitrogens with zero attached hydrogens (tertiary/aromatic N) is 1. The first kappa shape index (κ1) is 27.5. The number of Topliss-reactive ketones (excluding diaryl/α,β-unsaturated/α-hetero) is 1. The molecule has 0 radical (unpaired) electrons. The van der Waals surface area contributed by atoms with Gasteiger partial charge in [0.05, 0.1) is 5.02 Å². The number of hydrogen-bond donors (Lipinski definition) is 1. The van der Waals surface area contributed by atoms with Crippen LogP contribution in [-0.2, 0) is 11.2 Å². The molecule has 5 rings (SSSR count). The first-order chi connectivity index (χ1) is 19.2. The van der Waals surface area contributed by atoms with Gasteiger partial charge in [-0.3, -0.25) is 9.59 Å². The van der Waals surface area contributed by atoms with E-state index >= 15 is 0 Å². The summed E-state index contributed by atoms with van der Waals surface area (Å²) < 4.78 is 6.41. The lowest BCUT2D eigenvalue weighted by Crippen LogP contribution is -2.50. The highest BCUT2D eigenvalue weighted by Crippen LogP contribution is 2.41. The largest absolute Gasteiger partial charge is 0.480 e. The number of halogens is 1. The van der Waals surface area contributed by atoms with Crippen LogP contribution in [-0.4, -0.2) is 29.6 Å². The molecule has 0 spiro atoms. The first-order valence-electron chi connectivity index (χ1n) is 13.5. The van der Waals surface area contributed by atoms with Crippen molar-refractivity contribution in [3.05, 3.63) is 107 Å². The third-order valence-corrected chi connectivity index (χ3v) is 7.82. The number of aryl methyl sites for hydroxylation is 1. The highest BCUT2D eigenvalue weighted by atomic mass is 35.5. The van der Waals surface area contributed by atoms with Crippen LogP contribution in [0.25, 0.3) is 22.3 Å². The number of carbonyl (C=O) groups excluding carboxylic acids is 1. The van der Waals surface area contributed by atoms with Gasteiger partial charge in [0.2, 0.25) is 0 Å². The Balaban J connectivity index is 1.48. The molecule has 4 aromatic rings. The molecule has 0 saturated carbocycles. The van der Waals surface area contributed by atoms with Crippen molar-refractivity contribution in [3.63, 3.8) is 0 Å². The van der Waals surface area contributed by atoms with E-state index in [1.54, 1.807) is 11.0 Å². The van der Waals surface area contributed by atoms with Crippen LogP contribution in [0.15, 0.2) is 84.9 Å². The Morgan fingerprint density at radius 3 is 2.30 bits per heavy atom. The molecular weight excluding hydrogens is 522 g/mol. The number of carbonyl (C=O) groups is 2. The number of fused-ring (bicyclic) bond motifs is 1. The van der Waals surface area contributed by atoms with Crippen LogP contribution >= 0.6 is 11.6 Å². The van der Waals surface area contributed by atoms with Gasteiger partial charge in [-0.2, -0.15) is 0 Å². The second-order valence-corrected chi connectivity index (χ2v) is 10.8. The molecule has 0 aliphatic carbocycles. The number of benzene rings is 4. The van der Waals surface area contributed by atoms with Gasteiger partial charge in [-0.1, -0.05) is 86.1 Å². The Kier molecular flexibility index (Phi) is 7.95. The van der Waals surface area contributed by atoms with Crippen LogP contribution in [0.3, 0.4) is 0 Å². The van der Waals surface area contributed by atoms with Gasteiger partial charge in [-0.15, -0.1) is 0 Å². The summed E-state index contributed by atoms with van der Waals surface area (Å²) in [6.45, 7) is 5.55. The molecule has 5 nitrogen and oxygen atoms in total. The van der Waals surface area contributed by atoms with Gasteiger partial charge >= 0.3 is 5.97 Å². The minimum absolute atomic E-state index is 0.0204. The van der Waals surface area contributed by atoms with E-state index in [4.69, 9.17) is 16.3 Å². The summed E-state index contributed by atoms with van der Waals surface area (Å²) in [5.41, 5.74) is 7.45. The van der Waals surface area contributed by atoms with Crippen molar-refractivity contribution in [3.8, 4) is 28.0 Å². The second-order valence-electron chi connectivity index (χ2n) is 10.4. The molecule has 1 aliphatic rings. The molecule has 1 heterocycles. The summed E-state index contributed by atoms with van der Waals surface area (Å²) in [6, 6.07) is 27.9. The number of carboxylic acids is 1. The van der Waals surface area contributed by atoms with Crippen molar-refractivity contribution in [1.82, 2.24) is 0 Å². The van der Waals surface area contributed by atoms with Gasteiger partial charge in [0.15, 0.2) is 12.0 Å². The number of rotatable bonds is 8. The van der Waals surface area contributed by atoms with Crippen LogP contribution in [0.1, 0.15) is 41.8 Å². The molecule has 204 valence electrons. The average molecular weight is 554 g/mol. The summed E-state index contributed by atoms with van der Waals surface area (Å²) in [4.78, 5) is 26.2. The van der Waals surface area contributed by atoms with Gasteiger partial charge in [0.25, 0.3) is 0 Å². The van der Waals surface area contributed by atoms with Crippen molar-refractivity contribution >= 4 is 29.0 Å². The fraction of sp³-hybridized carbons (Fsp3) is 0.235. The maximum atomic E-state index is 12.4. The summed E-state index contributed by atoms with van der Waals surface area (Å²) in [5.74, 6) is -0.396. The van der Waals surface area contributed by atoms with Crippen LogP contribution in [0.4, 0.5) is 5.69 Å². The number of ether oxygens (including phenoxy) is 1. The zero-order valence-corrected chi connectivity index (χ0v) is 23.6. The Morgan fingerprint density at radius 2 is 1.62 bits per heavy atom. The van der Waals surface area contributed by atoms with E-state index in [1.165, 1.54) is 0 Å². The summed E-state index contributed by atoms with van der Waals surface area (Å²) in [5, 5.41) is 10.3. The molecule has 1 N–H and O–H groups in total. The Morgan fingerprint density at radius 1 is 0.950 bits per heavy atom. The van der Waals surface area contributed by atoms with E-state index in [0.29, 0.717) is 29.2 Å². The molecule has 1 aliphatic heterocycles. The molecule has 0 saturated heterocycles. The zero-order chi connectivity index (χ0) is 28.4. The van der Waals surface area contributed by atoms with Gasteiger partial charge in [-0.05, 0) is 65.4 Å². The van der Waals surface area contributed by atoms with Crippen LogP contribution in [0.2, 0.25) is 5.02 Å². The lowest BCUT2D eigenvalue weighted by molar-refractivity contribution is -0.135. The second kappa shape index (κ2) is 11.6. The lowest BCUT2D eigenvalue weighted by atomic mass is 9.89. The standard InChI is InChI=1S/C34H32ClNO4/c1-4-32(37)28-18-27(15-10-21(28)2)40-34-22(3)16-26-17-29(30(35)19-31(26)36(34)20-33(38)39)25-13-11-24(12-14-25)23-8-6-5-7-9-23/h5-15,17-19,22,34H,4,16,20H2,1-3H3,(H,38,39). The fourth-order valence-electron chi connectivity index (χ4n) is 5.43. The van der Waals surface area contributed by atoms with Crippen molar-refractivity contribution in [2.75, 3.05) is 11.4 Å². The molecule has 4 aromatic carbocycles. The smallest absolute Gasteiger partial charge is 0.323 e. The monoisotopic (exact) mass is 553 g/mol. The maximum Gasteiger partial charge on any atom is 0.323 e. The van der Waals surface area contributed by atoms with E-state index in [9.17, 15) is 14.7 Å². The molecular formula is C34H32ClNO4. The van der Waals surface area contributed by atoms with E-state index in [0.717, 1.165) is 39.1 Å². The third-order valence-electron chi connectivity index (χ3n) is 7.51. The van der Waals surface area contributed by atoms with E-state index in [-0.39, 0.29) is 18.2 Å². The summed E-state index contributed by atoms with van der Waals surface area (Å²) >= 11 is 6.84. The Labute approximate surface area is 240 Å². The van der Waals surface area contributed by atoms with Gasteiger partial charge in [-0.25, -0.2) is 0 Å². The number of hydrogen-bond acceptors (Lipinski definition) is 4. The number of carboxylic acid groups (broad SMARTS) is 1. The van der Waals surface area contributed by atoms with Gasteiger partial charge < -0.3 is 14.7 Å². The lowest BCUT2D eigenvalue weighted by Gasteiger charge is -2.41. The van der Waals surface area contributed by atoms with E-state index in [1.807, 2.05) is 50.2 Å². The van der Waals surface area contributed by atoms with Crippen molar-refractivity contribution in [1.29, 1.82) is 0 Å². The zero-order valence-electron chi connectivity index (χ0n) is 22.9. The minimum Gasteiger partial charge on any atom is -0.480 e. The predicted octanol–water partition coefficient (Wildman–Crippen LogP) is 8.06. The van der Waals surface area contributed by atoms with Crippen molar-refractivity contribution < 1.29 is 19.4 Å². The topological polar surface area (TPSA) is 66.8 Å². The minimum atomic E-state index is -0.962. The number of aliphatic carboxylic acids is 1. The molecule has 0 fully saturated rings. The molecule has 2 atom stereocenters. The third kappa shape index (κ3) is 5.61. The Hall–Kier alpha value is -4.09. The normalized spacial score (nSPS) is 16.4. The van der Waals surface area contributed by atoms with Crippen molar-refractivity contribution in [2.45, 2.75) is 39.8 Å². The summed E-state index contributed by atoms with van der Waals surface area (Å²) in [7, 11) is 0. The molecule has 0 aromatic heterocycles. The van der Waals surface area contributed by atoms with Gasteiger partial charge in [0.1, 0.15) is 12.3 Å². The molecule has 0 amide bonds. The number of anilines is 1. The molecule has 40 heavy (non-hydrogen) atoms. The molecule has 0 bridgehead atoms. The number of ketones is 1. The molecule has 2 unspecified atom stereocenters. The summed E-state index contributed by atoms with van der Waals surface area (Å²) in [6.07, 6.45) is 0.552. The van der Waals surface area contributed by atoms with E-state index in [2.05, 4.69) is 49.4 Å². The van der Waals surface area contributed by atoms with Crippen LogP contribution in [0, 0.1) is 12.8 Å². The SMILES string of the molecule is CCC(=O)c1cc(OC2C(C)Cc3cc(-c4ccc(-c5ccccc5)cc4)c(Cl)cc3N2CC(=O)O)ccc1C. The van der Waals surface area contributed by atoms with E-state index < -0.39 is 12.2 Å². The molecule has 6 heteroatoms. The fourth-order valence-corrected chi connectivity index (χ4v) is 5.70. The average Bonchev–Trinajstić information content (AvgIpc) is 2.96. The highest BCUT2D eigenvalue weighted by Gasteiger charge is 2.35. The van der Waals surface area contributed by atoms with Gasteiger partial charge in [0, 0.05) is 29.2 Å². The first-order valence-corrected chi connectivity index (χ1v) is 13.9. The van der Waals surface area contributed by atoms with Crippen LogP contribution in [0.5, 0.6) is 5.75 Å². The van der Waals surface area contributed by atoms with Crippen LogP contribution < -0.4 is 9.64 Å². The Bertz CT molecular complexity index is 1550. The maximum absolute atomic E-state index is 12.4. The highest BCUT2D eigenvalue weighted by molar-refractivity contribution is 6.33. The predicted molar refractivity (Wildman–Crippen MR) is 160 cm³/mol. The quantitative estimate of drug-likeness (QED) is 0.223. The van der Waals surface area contributed by atoms with Crippen molar-refractivity contribution in [2.24, 2.45) is 5.92 Å².